The van der Waals surface area contributed by atoms with Gasteiger partial charge in [-0.15, -0.1) is 0 Å². The Balaban J connectivity index is 2.68. The molecule has 1 heterocycles. The number of hydrogen-bond donors (Lipinski definition) is 0. The highest BCUT2D eigenvalue weighted by Gasteiger charge is 2.47. The van der Waals surface area contributed by atoms with Crippen LogP contribution in [0.1, 0.15) is 33.1 Å². The first-order valence-electron chi connectivity index (χ1n) is 4.98. The van der Waals surface area contributed by atoms with Crippen molar-refractivity contribution in [3.05, 3.63) is 5.57 Å². The minimum Gasteiger partial charge on any atom is -0.457 e. The molecule has 0 saturated carbocycles. The summed E-state index contributed by atoms with van der Waals surface area (Å²) in [6, 6.07) is 0. The number of carbonyl (C=O) groups excluding carboxylic acids is 3. The fraction of sp³-hybridized carbons (Fsp3) is 0.636. The van der Waals surface area contributed by atoms with Crippen LogP contribution in [-0.2, 0) is 19.1 Å². The molecule has 0 aromatic heterocycles. The molecule has 1 aliphatic heterocycles. The highest BCUT2D eigenvalue weighted by molar-refractivity contribution is 6.08. The molecule has 0 aromatic rings. The van der Waals surface area contributed by atoms with Crippen LogP contribution in [0, 0.1) is 5.41 Å². The van der Waals surface area contributed by atoms with Gasteiger partial charge in [-0.3, -0.25) is 9.59 Å². The van der Waals surface area contributed by atoms with Crippen molar-refractivity contribution in [3.63, 3.8) is 0 Å². The Morgan fingerprint density at radius 3 is 2.60 bits per heavy atom. The highest BCUT2D eigenvalue weighted by Crippen LogP contribution is 2.32. The third-order valence-corrected chi connectivity index (χ3v) is 2.90. The van der Waals surface area contributed by atoms with Crippen molar-refractivity contribution >= 4 is 17.7 Å². The average Bonchev–Trinajstić information content (AvgIpc) is 2.48. The molecule has 0 aliphatic carbocycles. The van der Waals surface area contributed by atoms with Crippen molar-refractivity contribution in [1.82, 2.24) is 0 Å². The summed E-state index contributed by atoms with van der Waals surface area (Å²) in [6.45, 7) is 3.28. The molecule has 82 valence electrons. The zero-order valence-corrected chi connectivity index (χ0v) is 8.96. The summed E-state index contributed by atoms with van der Waals surface area (Å²) in [5.74, 6) is 1.15. The third kappa shape index (κ3) is 2.16. The number of cyclic esters (lactones) is 1. The molecule has 15 heavy (non-hydrogen) atoms. The van der Waals surface area contributed by atoms with Gasteiger partial charge in [0.2, 0.25) is 0 Å². The second-order valence-electron chi connectivity index (χ2n) is 3.89. The van der Waals surface area contributed by atoms with Gasteiger partial charge in [-0.2, -0.15) is 0 Å². The fourth-order valence-electron chi connectivity index (χ4n) is 1.51. The number of esters is 1. The molecule has 0 amide bonds. The Labute approximate surface area is 88.3 Å². The van der Waals surface area contributed by atoms with E-state index in [2.05, 4.69) is 4.74 Å². The van der Waals surface area contributed by atoms with Crippen molar-refractivity contribution < 1.29 is 19.1 Å². The van der Waals surface area contributed by atoms with Crippen molar-refractivity contribution in [2.24, 2.45) is 5.41 Å². The van der Waals surface area contributed by atoms with Gasteiger partial charge < -0.3 is 4.74 Å². The first-order chi connectivity index (χ1) is 7.04. The molecule has 1 fully saturated rings. The molecular formula is C11H14O4. The van der Waals surface area contributed by atoms with E-state index in [9.17, 15) is 14.4 Å². The van der Waals surface area contributed by atoms with E-state index in [-0.39, 0.29) is 12.4 Å². The summed E-state index contributed by atoms with van der Waals surface area (Å²) in [4.78, 5) is 33.2. The monoisotopic (exact) mass is 210 g/mol. The van der Waals surface area contributed by atoms with Gasteiger partial charge in [-0.25, -0.2) is 4.79 Å². The smallest absolute Gasteiger partial charge is 0.319 e. The third-order valence-electron chi connectivity index (χ3n) is 2.90. The van der Waals surface area contributed by atoms with Gasteiger partial charge >= 0.3 is 5.97 Å². The van der Waals surface area contributed by atoms with Crippen LogP contribution in [0.3, 0.4) is 0 Å². The molecule has 0 radical (unpaired) electrons. The topological polar surface area (TPSA) is 60.4 Å². The summed E-state index contributed by atoms with van der Waals surface area (Å²) in [5, 5.41) is 0. The van der Waals surface area contributed by atoms with E-state index in [4.69, 9.17) is 0 Å². The van der Waals surface area contributed by atoms with E-state index >= 15 is 0 Å². The lowest BCUT2D eigenvalue weighted by Crippen LogP contribution is -2.30. The van der Waals surface area contributed by atoms with Gasteiger partial charge in [-0.05, 0) is 26.2 Å². The Kier molecular flexibility index (Phi) is 3.43. The van der Waals surface area contributed by atoms with Crippen LogP contribution >= 0.6 is 0 Å². The van der Waals surface area contributed by atoms with Gasteiger partial charge in [0.05, 0.1) is 0 Å². The fourth-order valence-corrected chi connectivity index (χ4v) is 1.51. The van der Waals surface area contributed by atoms with E-state index < -0.39 is 11.4 Å². The van der Waals surface area contributed by atoms with Crippen molar-refractivity contribution in [1.29, 1.82) is 0 Å². The second kappa shape index (κ2) is 4.41. The molecule has 1 saturated heterocycles. The molecule has 0 N–H and O–H groups in total. The predicted molar refractivity (Wildman–Crippen MR) is 52.8 cm³/mol. The van der Waals surface area contributed by atoms with E-state index in [1.54, 1.807) is 6.92 Å². The Morgan fingerprint density at radius 2 is 2.20 bits per heavy atom. The molecule has 1 atom stereocenters. The van der Waals surface area contributed by atoms with Crippen LogP contribution in [-0.4, -0.2) is 24.3 Å². The molecule has 1 rings (SSSR count). The Bertz CT molecular complexity index is 320. The first kappa shape index (κ1) is 11.7. The number of allylic oxidation sites excluding steroid dienone is 1. The Hall–Kier alpha value is -1.41. The number of carbonyl (C=O) groups is 2. The molecule has 4 heteroatoms. The maximum Gasteiger partial charge on any atom is 0.319 e. The molecule has 0 aromatic carbocycles. The first-order valence-corrected chi connectivity index (χ1v) is 4.98. The van der Waals surface area contributed by atoms with Crippen LogP contribution in [0.2, 0.25) is 0 Å². The molecule has 0 spiro atoms. The van der Waals surface area contributed by atoms with Crippen LogP contribution < -0.4 is 0 Å². The van der Waals surface area contributed by atoms with Gasteiger partial charge in [0.15, 0.2) is 12.4 Å². The number of rotatable bonds is 4. The molecule has 1 aliphatic rings. The van der Waals surface area contributed by atoms with Gasteiger partial charge in [0, 0.05) is 5.57 Å². The van der Waals surface area contributed by atoms with Crippen molar-refractivity contribution in [3.8, 4) is 0 Å². The Morgan fingerprint density at radius 1 is 1.53 bits per heavy atom. The molecule has 1 unspecified atom stereocenters. The van der Waals surface area contributed by atoms with Gasteiger partial charge in [0.25, 0.3) is 0 Å². The van der Waals surface area contributed by atoms with Crippen LogP contribution in [0.25, 0.3) is 0 Å². The predicted octanol–water partition coefficient (Wildman–Crippen LogP) is 1.07. The lowest BCUT2D eigenvalue weighted by molar-refractivity contribution is -0.146. The quantitative estimate of drug-likeness (QED) is 0.395. The lowest BCUT2D eigenvalue weighted by atomic mass is 9.82. The molecular weight excluding hydrogens is 196 g/mol. The number of ketones is 1. The zero-order valence-electron chi connectivity index (χ0n) is 8.96. The van der Waals surface area contributed by atoms with E-state index in [0.29, 0.717) is 24.8 Å². The van der Waals surface area contributed by atoms with Crippen LogP contribution in [0.5, 0.6) is 0 Å². The summed E-state index contributed by atoms with van der Waals surface area (Å²) >= 11 is 0. The van der Waals surface area contributed by atoms with E-state index in [1.165, 1.54) is 0 Å². The number of hydrogen-bond acceptors (Lipinski definition) is 4. The summed E-state index contributed by atoms with van der Waals surface area (Å²) in [6.07, 6.45) is 1.36. The highest BCUT2D eigenvalue weighted by atomic mass is 16.5. The number of Topliss-reactive ketones (excluding diaryl/α,β-unsaturated/α-hetero) is 1. The minimum atomic E-state index is -1.06. The van der Waals surface area contributed by atoms with Crippen LogP contribution in [0.15, 0.2) is 5.57 Å². The second-order valence-corrected chi connectivity index (χ2v) is 3.89. The normalized spacial score (nSPS) is 24.9. The largest absolute Gasteiger partial charge is 0.457 e. The van der Waals surface area contributed by atoms with Crippen LogP contribution in [0.4, 0.5) is 0 Å². The summed E-state index contributed by atoms with van der Waals surface area (Å²) in [5.41, 5.74) is -0.458. The maximum absolute atomic E-state index is 11.4. The molecule has 4 nitrogen and oxygen atoms in total. The number of ether oxygens (including phenoxy) is 1. The average molecular weight is 210 g/mol. The molecule has 0 bridgehead atoms. The maximum atomic E-state index is 11.4. The zero-order chi connectivity index (χ0) is 11.5. The van der Waals surface area contributed by atoms with Gasteiger partial charge in [-0.1, -0.05) is 6.92 Å². The van der Waals surface area contributed by atoms with Crippen molar-refractivity contribution in [2.45, 2.75) is 33.1 Å². The lowest BCUT2D eigenvalue weighted by Gasteiger charge is -2.16. The standard InChI is InChI=1S/C11H14O4/c1-3-8(6-12)4-5-11(2)9(13)7-15-10(11)14/h3-5,7H2,1-2H3. The minimum absolute atomic E-state index is 0.137. The van der Waals surface area contributed by atoms with E-state index in [0.717, 1.165) is 0 Å². The van der Waals surface area contributed by atoms with Crippen molar-refractivity contribution in [2.75, 3.05) is 6.61 Å². The van der Waals surface area contributed by atoms with E-state index in [1.807, 2.05) is 12.9 Å². The summed E-state index contributed by atoms with van der Waals surface area (Å²) < 4.78 is 4.68. The SMILES string of the molecule is CCC(=C=O)CCC1(C)C(=O)COC1=O. The summed E-state index contributed by atoms with van der Waals surface area (Å²) in [7, 11) is 0. The van der Waals surface area contributed by atoms with Gasteiger partial charge in [0.1, 0.15) is 11.4 Å².